The molecule has 1 aliphatic carbocycles. The molecule has 2 rings (SSSR count). The molecule has 0 radical (unpaired) electrons. The standard InChI is InChI=1S/C15H19NO2/c1-10-6-11(9-13(7-10)18-2)8-12-4-3-5-14(12)15(16)17/h6-7,9H,3-5,8H2,1-2H3,(H2,16,17). The van der Waals surface area contributed by atoms with E-state index in [0.717, 1.165) is 37.0 Å². The zero-order valence-electron chi connectivity index (χ0n) is 11.0. The fraction of sp³-hybridized carbons (Fsp3) is 0.400. The number of carbonyl (C=O) groups is 1. The Kier molecular flexibility index (Phi) is 3.70. The number of hydrogen-bond acceptors (Lipinski definition) is 2. The van der Waals surface area contributed by atoms with E-state index >= 15 is 0 Å². The van der Waals surface area contributed by atoms with Crippen LogP contribution in [0.15, 0.2) is 29.3 Å². The van der Waals surface area contributed by atoms with E-state index in [4.69, 9.17) is 10.5 Å². The van der Waals surface area contributed by atoms with Crippen molar-refractivity contribution in [1.82, 2.24) is 0 Å². The van der Waals surface area contributed by atoms with E-state index in [2.05, 4.69) is 6.07 Å². The van der Waals surface area contributed by atoms with Crippen molar-refractivity contribution in [3.05, 3.63) is 40.5 Å². The van der Waals surface area contributed by atoms with Crippen LogP contribution in [-0.2, 0) is 11.2 Å². The summed E-state index contributed by atoms with van der Waals surface area (Å²) in [6.45, 7) is 2.05. The van der Waals surface area contributed by atoms with Gasteiger partial charge in [0.15, 0.2) is 0 Å². The van der Waals surface area contributed by atoms with Gasteiger partial charge in [-0.25, -0.2) is 0 Å². The second-order valence-electron chi connectivity index (χ2n) is 4.84. The molecule has 1 aromatic carbocycles. The number of aryl methyl sites for hydroxylation is 1. The van der Waals surface area contributed by atoms with Crippen LogP contribution in [-0.4, -0.2) is 13.0 Å². The molecule has 0 heterocycles. The van der Waals surface area contributed by atoms with Gasteiger partial charge in [-0.3, -0.25) is 4.79 Å². The number of rotatable bonds is 4. The van der Waals surface area contributed by atoms with Crippen molar-refractivity contribution < 1.29 is 9.53 Å². The van der Waals surface area contributed by atoms with Gasteiger partial charge in [0.25, 0.3) is 0 Å². The monoisotopic (exact) mass is 245 g/mol. The molecular weight excluding hydrogens is 226 g/mol. The lowest BCUT2D eigenvalue weighted by Crippen LogP contribution is -2.14. The Morgan fingerprint density at radius 2 is 2.11 bits per heavy atom. The normalized spacial score (nSPS) is 15.0. The summed E-state index contributed by atoms with van der Waals surface area (Å²) in [6.07, 6.45) is 3.65. The molecule has 0 saturated carbocycles. The second kappa shape index (κ2) is 5.25. The van der Waals surface area contributed by atoms with Crippen molar-refractivity contribution in [1.29, 1.82) is 0 Å². The topological polar surface area (TPSA) is 52.3 Å². The summed E-state index contributed by atoms with van der Waals surface area (Å²) < 4.78 is 5.27. The van der Waals surface area contributed by atoms with Crippen LogP contribution in [0.4, 0.5) is 0 Å². The molecule has 1 amide bonds. The maximum absolute atomic E-state index is 11.3. The average Bonchev–Trinajstić information content (AvgIpc) is 2.76. The quantitative estimate of drug-likeness (QED) is 0.886. The van der Waals surface area contributed by atoms with E-state index in [1.165, 1.54) is 16.7 Å². The molecule has 0 spiro atoms. The van der Waals surface area contributed by atoms with Crippen LogP contribution in [0.5, 0.6) is 5.75 Å². The van der Waals surface area contributed by atoms with Crippen LogP contribution >= 0.6 is 0 Å². The lowest BCUT2D eigenvalue weighted by Gasteiger charge is -2.09. The summed E-state index contributed by atoms with van der Waals surface area (Å²) in [4.78, 5) is 11.3. The minimum Gasteiger partial charge on any atom is -0.497 e. The Morgan fingerprint density at radius 1 is 1.33 bits per heavy atom. The highest BCUT2D eigenvalue weighted by Crippen LogP contribution is 2.29. The summed E-state index contributed by atoms with van der Waals surface area (Å²) in [5.41, 5.74) is 9.78. The molecule has 3 nitrogen and oxygen atoms in total. The lowest BCUT2D eigenvalue weighted by atomic mass is 10.00. The molecule has 0 aromatic heterocycles. The van der Waals surface area contributed by atoms with E-state index in [1.807, 2.05) is 19.1 Å². The minimum absolute atomic E-state index is 0.262. The van der Waals surface area contributed by atoms with Crippen LogP contribution in [0.25, 0.3) is 0 Å². The van der Waals surface area contributed by atoms with E-state index in [9.17, 15) is 4.79 Å². The molecule has 0 unspecified atom stereocenters. The number of nitrogens with two attached hydrogens (primary N) is 1. The molecule has 0 bridgehead atoms. The van der Waals surface area contributed by atoms with Crippen molar-refractivity contribution in [2.75, 3.05) is 7.11 Å². The molecular formula is C15H19NO2. The number of carbonyl (C=O) groups excluding carboxylic acids is 1. The third kappa shape index (κ3) is 2.73. The Balaban J connectivity index is 2.26. The Hall–Kier alpha value is -1.77. The van der Waals surface area contributed by atoms with Gasteiger partial charge in [0, 0.05) is 5.57 Å². The number of ether oxygens (including phenoxy) is 1. The van der Waals surface area contributed by atoms with E-state index in [1.54, 1.807) is 7.11 Å². The van der Waals surface area contributed by atoms with Gasteiger partial charge in [-0.1, -0.05) is 11.6 Å². The molecule has 3 heteroatoms. The highest BCUT2D eigenvalue weighted by atomic mass is 16.5. The number of hydrogen-bond donors (Lipinski definition) is 1. The van der Waals surface area contributed by atoms with Gasteiger partial charge in [-0.2, -0.15) is 0 Å². The van der Waals surface area contributed by atoms with Crippen molar-refractivity contribution in [2.24, 2.45) is 5.73 Å². The van der Waals surface area contributed by atoms with Crippen molar-refractivity contribution in [3.63, 3.8) is 0 Å². The van der Waals surface area contributed by atoms with Crippen LogP contribution in [0.1, 0.15) is 30.4 Å². The summed E-state index contributed by atoms with van der Waals surface area (Å²) in [7, 11) is 1.67. The van der Waals surface area contributed by atoms with Gasteiger partial charge in [0.05, 0.1) is 7.11 Å². The highest BCUT2D eigenvalue weighted by Gasteiger charge is 2.18. The van der Waals surface area contributed by atoms with Gasteiger partial charge in [0.1, 0.15) is 5.75 Å². The maximum Gasteiger partial charge on any atom is 0.244 e. The fourth-order valence-corrected chi connectivity index (χ4v) is 2.59. The fourth-order valence-electron chi connectivity index (χ4n) is 2.59. The SMILES string of the molecule is COc1cc(C)cc(CC2=C(C(N)=O)CCC2)c1. The van der Waals surface area contributed by atoms with E-state index in [-0.39, 0.29) is 5.91 Å². The van der Waals surface area contributed by atoms with Gasteiger partial charge in [0.2, 0.25) is 5.91 Å². The molecule has 0 saturated heterocycles. The minimum atomic E-state index is -0.262. The predicted molar refractivity (Wildman–Crippen MR) is 71.5 cm³/mol. The van der Waals surface area contributed by atoms with Crippen LogP contribution < -0.4 is 10.5 Å². The number of methoxy groups -OCH3 is 1. The predicted octanol–water partition coefficient (Wildman–Crippen LogP) is 2.51. The van der Waals surface area contributed by atoms with Crippen molar-refractivity contribution in [3.8, 4) is 5.75 Å². The molecule has 0 aliphatic heterocycles. The van der Waals surface area contributed by atoms with Crippen molar-refractivity contribution >= 4 is 5.91 Å². The smallest absolute Gasteiger partial charge is 0.244 e. The Labute approximate surface area is 108 Å². The zero-order chi connectivity index (χ0) is 13.1. The first kappa shape index (κ1) is 12.7. The van der Waals surface area contributed by atoms with Gasteiger partial charge < -0.3 is 10.5 Å². The summed E-state index contributed by atoms with van der Waals surface area (Å²) in [5, 5.41) is 0. The van der Waals surface area contributed by atoms with Gasteiger partial charge in [-0.15, -0.1) is 0 Å². The van der Waals surface area contributed by atoms with Gasteiger partial charge in [-0.05, 0) is 55.9 Å². The summed E-state index contributed by atoms with van der Waals surface area (Å²) >= 11 is 0. The average molecular weight is 245 g/mol. The van der Waals surface area contributed by atoms with Crippen LogP contribution in [0.2, 0.25) is 0 Å². The maximum atomic E-state index is 11.3. The van der Waals surface area contributed by atoms with Crippen LogP contribution in [0.3, 0.4) is 0 Å². The molecule has 0 atom stereocenters. The van der Waals surface area contributed by atoms with Crippen molar-refractivity contribution in [2.45, 2.75) is 32.6 Å². The molecule has 1 aromatic rings. The Bertz CT molecular complexity index is 503. The van der Waals surface area contributed by atoms with E-state index in [0.29, 0.717) is 0 Å². The summed E-state index contributed by atoms with van der Waals surface area (Å²) in [5.74, 6) is 0.603. The third-order valence-corrected chi connectivity index (χ3v) is 3.39. The summed E-state index contributed by atoms with van der Waals surface area (Å²) in [6, 6.07) is 6.16. The number of benzene rings is 1. The first-order valence-electron chi connectivity index (χ1n) is 6.25. The number of allylic oxidation sites excluding steroid dienone is 1. The highest BCUT2D eigenvalue weighted by molar-refractivity contribution is 5.93. The number of primary amides is 1. The van der Waals surface area contributed by atoms with E-state index < -0.39 is 0 Å². The molecule has 96 valence electrons. The van der Waals surface area contributed by atoms with Crippen LogP contribution in [0, 0.1) is 6.92 Å². The first-order chi connectivity index (χ1) is 8.60. The largest absolute Gasteiger partial charge is 0.497 e. The third-order valence-electron chi connectivity index (χ3n) is 3.39. The zero-order valence-corrected chi connectivity index (χ0v) is 11.0. The molecule has 2 N–H and O–H groups in total. The first-order valence-corrected chi connectivity index (χ1v) is 6.25. The molecule has 18 heavy (non-hydrogen) atoms. The number of amides is 1. The lowest BCUT2D eigenvalue weighted by molar-refractivity contribution is -0.114. The molecule has 1 aliphatic rings. The van der Waals surface area contributed by atoms with Gasteiger partial charge >= 0.3 is 0 Å². The Morgan fingerprint density at radius 3 is 2.78 bits per heavy atom. The second-order valence-corrected chi connectivity index (χ2v) is 4.84. The molecule has 0 fully saturated rings.